The summed E-state index contributed by atoms with van der Waals surface area (Å²) >= 11 is 5.95. The maximum atomic E-state index is 12.5. The van der Waals surface area contributed by atoms with Crippen molar-refractivity contribution >= 4 is 29.1 Å². The van der Waals surface area contributed by atoms with Crippen LogP contribution in [-0.2, 0) is 4.79 Å². The first kappa shape index (κ1) is 18.7. The van der Waals surface area contributed by atoms with Crippen molar-refractivity contribution in [2.45, 2.75) is 13.8 Å². The van der Waals surface area contributed by atoms with Crippen molar-refractivity contribution < 1.29 is 9.59 Å². The summed E-state index contributed by atoms with van der Waals surface area (Å²) in [5, 5.41) is 5.98. The summed E-state index contributed by atoms with van der Waals surface area (Å²) in [6, 6.07) is 12.7. The predicted octanol–water partition coefficient (Wildman–Crippen LogP) is 3.51. The van der Waals surface area contributed by atoms with E-state index in [1.807, 2.05) is 30.5 Å². The molecule has 2 heterocycles. The zero-order valence-corrected chi connectivity index (χ0v) is 15.7. The highest BCUT2D eigenvalue weighted by Crippen LogP contribution is 2.22. The monoisotopic (exact) mass is 382 g/mol. The Labute approximate surface area is 162 Å². The fourth-order valence-corrected chi connectivity index (χ4v) is 3.00. The average Bonchev–Trinajstić information content (AvgIpc) is 2.96. The standard InChI is InChI=1S/C20H19ClN4O2/c1-13-10-18(14(2)25(13)17-7-5-15(21)6-8-17)20(27)23-12-19(26)24-16-4-3-9-22-11-16/h3-11H,12H2,1-2H3,(H,23,27)(H,24,26). The Hall–Kier alpha value is -3.12. The van der Waals surface area contributed by atoms with Crippen molar-refractivity contribution in [3.8, 4) is 5.69 Å². The van der Waals surface area contributed by atoms with Gasteiger partial charge in [-0.25, -0.2) is 0 Å². The molecule has 6 nitrogen and oxygen atoms in total. The van der Waals surface area contributed by atoms with Crippen LogP contribution in [0.4, 0.5) is 5.69 Å². The Morgan fingerprint density at radius 3 is 2.56 bits per heavy atom. The average molecular weight is 383 g/mol. The fraction of sp³-hybridized carbons (Fsp3) is 0.150. The Morgan fingerprint density at radius 2 is 1.89 bits per heavy atom. The molecule has 2 aromatic heterocycles. The van der Waals surface area contributed by atoms with Gasteiger partial charge in [0.15, 0.2) is 0 Å². The highest BCUT2D eigenvalue weighted by molar-refractivity contribution is 6.30. The summed E-state index contributed by atoms with van der Waals surface area (Å²) < 4.78 is 1.97. The molecule has 0 unspecified atom stereocenters. The molecule has 0 saturated heterocycles. The molecule has 2 amide bonds. The Bertz CT molecular complexity index is 966. The second-order valence-electron chi connectivity index (χ2n) is 6.07. The summed E-state index contributed by atoms with van der Waals surface area (Å²) in [6.07, 6.45) is 3.16. The summed E-state index contributed by atoms with van der Waals surface area (Å²) in [6.45, 7) is 3.66. The molecular weight excluding hydrogens is 364 g/mol. The molecule has 7 heteroatoms. The van der Waals surface area contributed by atoms with Crippen LogP contribution in [0.1, 0.15) is 21.7 Å². The molecular formula is C20H19ClN4O2. The van der Waals surface area contributed by atoms with Gasteiger partial charge in [-0.3, -0.25) is 14.6 Å². The minimum Gasteiger partial charge on any atom is -0.343 e. The number of nitrogens with one attached hydrogen (secondary N) is 2. The van der Waals surface area contributed by atoms with Crippen LogP contribution in [0.15, 0.2) is 54.9 Å². The maximum absolute atomic E-state index is 12.5. The number of halogens is 1. The number of amides is 2. The van der Waals surface area contributed by atoms with Gasteiger partial charge in [0.1, 0.15) is 0 Å². The predicted molar refractivity (Wildman–Crippen MR) is 105 cm³/mol. The number of hydrogen-bond donors (Lipinski definition) is 2. The van der Waals surface area contributed by atoms with Crippen LogP contribution in [-0.4, -0.2) is 27.9 Å². The van der Waals surface area contributed by atoms with Crippen LogP contribution in [0.3, 0.4) is 0 Å². The Balaban J connectivity index is 1.69. The quantitative estimate of drug-likeness (QED) is 0.709. The van der Waals surface area contributed by atoms with E-state index < -0.39 is 0 Å². The topological polar surface area (TPSA) is 76.0 Å². The first-order valence-electron chi connectivity index (χ1n) is 8.38. The molecule has 138 valence electrons. The number of nitrogens with zero attached hydrogens (tertiary/aromatic N) is 2. The van der Waals surface area contributed by atoms with Crippen LogP contribution in [0, 0.1) is 13.8 Å². The molecule has 0 aliphatic carbocycles. The van der Waals surface area contributed by atoms with E-state index in [9.17, 15) is 9.59 Å². The van der Waals surface area contributed by atoms with Crippen molar-refractivity contribution in [3.05, 3.63) is 76.8 Å². The van der Waals surface area contributed by atoms with Crippen molar-refractivity contribution in [1.82, 2.24) is 14.9 Å². The summed E-state index contributed by atoms with van der Waals surface area (Å²) in [5.74, 6) is -0.618. The number of anilines is 1. The summed E-state index contributed by atoms with van der Waals surface area (Å²) in [7, 11) is 0. The largest absolute Gasteiger partial charge is 0.343 e. The van der Waals surface area contributed by atoms with E-state index in [0.29, 0.717) is 16.3 Å². The van der Waals surface area contributed by atoms with E-state index >= 15 is 0 Å². The molecule has 0 aliphatic rings. The van der Waals surface area contributed by atoms with Crippen LogP contribution >= 0.6 is 11.6 Å². The summed E-state index contributed by atoms with van der Waals surface area (Å²) in [4.78, 5) is 28.4. The van der Waals surface area contributed by atoms with Crippen LogP contribution in [0.2, 0.25) is 5.02 Å². The van der Waals surface area contributed by atoms with Gasteiger partial charge in [0.25, 0.3) is 5.91 Å². The lowest BCUT2D eigenvalue weighted by molar-refractivity contribution is -0.115. The van der Waals surface area contributed by atoms with Gasteiger partial charge in [-0.1, -0.05) is 11.6 Å². The third-order valence-corrected chi connectivity index (χ3v) is 4.37. The first-order valence-corrected chi connectivity index (χ1v) is 8.76. The van der Waals surface area contributed by atoms with Crippen LogP contribution in [0.5, 0.6) is 0 Å². The van der Waals surface area contributed by atoms with Gasteiger partial charge in [-0.15, -0.1) is 0 Å². The molecule has 1 aromatic carbocycles. The molecule has 27 heavy (non-hydrogen) atoms. The molecule has 2 N–H and O–H groups in total. The number of carbonyl (C=O) groups is 2. The molecule has 0 saturated carbocycles. The molecule has 0 radical (unpaired) electrons. The lowest BCUT2D eigenvalue weighted by Crippen LogP contribution is -2.33. The lowest BCUT2D eigenvalue weighted by atomic mass is 10.2. The third-order valence-electron chi connectivity index (χ3n) is 4.12. The Kier molecular flexibility index (Phi) is 5.57. The van der Waals surface area contributed by atoms with E-state index in [0.717, 1.165) is 17.1 Å². The Morgan fingerprint density at radius 1 is 1.15 bits per heavy atom. The van der Waals surface area contributed by atoms with E-state index in [-0.39, 0.29) is 18.4 Å². The smallest absolute Gasteiger partial charge is 0.253 e. The highest BCUT2D eigenvalue weighted by Gasteiger charge is 2.17. The number of benzene rings is 1. The molecule has 0 spiro atoms. The number of carbonyl (C=O) groups excluding carboxylic acids is 2. The van der Waals surface area contributed by atoms with Crippen LogP contribution in [0.25, 0.3) is 5.69 Å². The van der Waals surface area contributed by atoms with Gasteiger partial charge < -0.3 is 15.2 Å². The number of hydrogen-bond acceptors (Lipinski definition) is 3. The molecule has 3 rings (SSSR count). The second kappa shape index (κ2) is 8.05. The van der Waals surface area contributed by atoms with Crippen molar-refractivity contribution in [1.29, 1.82) is 0 Å². The van der Waals surface area contributed by atoms with Crippen LogP contribution < -0.4 is 10.6 Å². The minimum absolute atomic E-state index is 0.127. The first-order chi connectivity index (χ1) is 13.0. The van der Waals surface area contributed by atoms with Gasteiger partial charge in [-0.05, 0) is 56.3 Å². The molecule has 0 bridgehead atoms. The van der Waals surface area contributed by atoms with Gasteiger partial charge >= 0.3 is 0 Å². The zero-order chi connectivity index (χ0) is 19.4. The normalized spacial score (nSPS) is 10.5. The zero-order valence-electron chi connectivity index (χ0n) is 15.0. The van der Waals surface area contributed by atoms with Gasteiger partial charge in [0.2, 0.25) is 5.91 Å². The van der Waals surface area contributed by atoms with Crippen molar-refractivity contribution in [3.63, 3.8) is 0 Å². The van der Waals surface area contributed by atoms with E-state index in [2.05, 4.69) is 15.6 Å². The number of pyridine rings is 1. The summed E-state index contributed by atoms with van der Waals surface area (Å²) in [5.41, 5.74) is 3.73. The van der Waals surface area contributed by atoms with Gasteiger partial charge in [-0.2, -0.15) is 0 Å². The van der Waals surface area contributed by atoms with Gasteiger partial charge in [0, 0.05) is 28.3 Å². The molecule has 0 aliphatic heterocycles. The maximum Gasteiger partial charge on any atom is 0.253 e. The third kappa shape index (κ3) is 4.35. The van der Waals surface area contributed by atoms with Crippen molar-refractivity contribution in [2.24, 2.45) is 0 Å². The minimum atomic E-state index is -0.317. The fourth-order valence-electron chi connectivity index (χ4n) is 2.88. The van der Waals surface area contributed by atoms with E-state index in [1.54, 1.807) is 42.7 Å². The molecule has 0 atom stereocenters. The van der Waals surface area contributed by atoms with Gasteiger partial charge in [0.05, 0.1) is 24.0 Å². The molecule has 3 aromatic rings. The van der Waals surface area contributed by atoms with E-state index in [4.69, 9.17) is 11.6 Å². The number of aromatic nitrogens is 2. The molecule has 0 fully saturated rings. The second-order valence-corrected chi connectivity index (χ2v) is 6.51. The number of aryl methyl sites for hydroxylation is 1. The number of rotatable bonds is 5. The lowest BCUT2D eigenvalue weighted by Gasteiger charge is -2.10. The van der Waals surface area contributed by atoms with E-state index in [1.165, 1.54) is 0 Å². The highest BCUT2D eigenvalue weighted by atomic mass is 35.5. The SMILES string of the molecule is Cc1cc(C(=O)NCC(=O)Nc2cccnc2)c(C)n1-c1ccc(Cl)cc1. The van der Waals surface area contributed by atoms with Crippen molar-refractivity contribution in [2.75, 3.05) is 11.9 Å².